The highest BCUT2D eigenvalue weighted by atomic mass is 19.2. The third-order valence-electron chi connectivity index (χ3n) is 2.00. The van der Waals surface area contributed by atoms with E-state index in [9.17, 15) is 18.4 Å². The molecule has 0 amide bonds. The van der Waals surface area contributed by atoms with Crippen molar-refractivity contribution >= 4 is 11.9 Å². The number of cyclic esters (lactones) is 2. The third-order valence-corrected chi connectivity index (χ3v) is 2.00. The van der Waals surface area contributed by atoms with E-state index >= 15 is 0 Å². The van der Waals surface area contributed by atoms with Crippen LogP contribution in [0.2, 0.25) is 0 Å². The Bertz CT molecular complexity index is 442. The molecule has 0 spiro atoms. The van der Waals surface area contributed by atoms with Gasteiger partial charge in [0.1, 0.15) is 6.42 Å². The van der Waals surface area contributed by atoms with Crippen LogP contribution in [-0.4, -0.2) is 11.9 Å². The van der Waals surface area contributed by atoms with Crippen molar-refractivity contribution in [2.75, 3.05) is 0 Å². The average molecular weight is 228 g/mol. The Morgan fingerprint density at radius 1 is 1.12 bits per heavy atom. The zero-order chi connectivity index (χ0) is 11.7. The number of carbonyl (C=O) groups excluding carboxylic acids is 2. The topological polar surface area (TPSA) is 52.6 Å². The van der Waals surface area contributed by atoms with Gasteiger partial charge in [-0.25, -0.2) is 8.78 Å². The lowest BCUT2D eigenvalue weighted by Crippen LogP contribution is -2.27. The number of rotatable bonds is 1. The monoisotopic (exact) mass is 228 g/mol. The van der Waals surface area contributed by atoms with Crippen LogP contribution in [-0.2, 0) is 19.1 Å². The maximum Gasteiger partial charge on any atom is 0.320 e. The molecule has 2 rings (SSSR count). The molecule has 0 bridgehead atoms. The zero-order valence-electron chi connectivity index (χ0n) is 7.91. The second-order valence-corrected chi connectivity index (χ2v) is 3.13. The van der Waals surface area contributed by atoms with Gasteiger partial charge in [-0.1, -0.05) is 6.07 Å². The fourth-order valence-corrected chi connectivity index (χ4v) is 1.29. The van der Waals surface area contributed by atoms with Crippen LogP contribution in [0.4, 0.5) is 8.78 Å². The zero-order valence-corrected chi connectivity index (χ0v) is 7.91. The van der Waals surface area contributed by atoms with Crippen LogP contribution in [0.5, 0.6) is 0 Å². The fourth-order valence-electron chi connectivity index (χ4n) is 1.29. The molecule has 1 aliphatic heterocycles. The molecule has 0 atom stereocenters. The van der Waals surface area contributed by atoms with E-state index in [0.29, 0.717) is 0 Å². The molecular formula is C10H6F2O4. The van der Waals surface area contributed by atoms with Crippen LogP contribution in [0, 0.1) is 11.6 Å². The largest absolute Gasteiger partial charge is 0.420 e. The van der Waals surface area contributed by atoms with E-state index in [2.05, 4.69) is 9.47 Å². The maximum absolute atomic E-state index is 13.3. The summed E-state index contributed by atoms with van der Waals surface area (Å²) in [5.74, 6) is -3.96. The van der Waals surface area contributed by atoms with Crippen molar-refractivity contribution in [1.82, 2.24) is 0 Å². The summed E-state index contributed by atoms with van der Waals surface area (Å²) < 4.78 is 35.3. The first-order valence-electron chi connectivity index (χ1n) is 4.41. The summed E-state index contributed by atoms with van der Waals surface area (Å²) in [5, 5.41) is 0. The normalized spacial score (nSPS) is 16.9. The van der Waals surface area contributed by atoms with Crippen LogP contribution < -0.4 is 0 Å². The van der Waals surface area contributed by atoms with Crippen molar-refractivity contribution in [2.45, 2.75) is 12.7 Å². The van der Waals surface area contributed by atoms with Crippen molar-refractivity contribution in [3.05, 3.63) is 35.4 Å². The van der Waals surface area contributed by atoms with E-state index in [1.165, 1.54) is 12.1 Å². The van der Waals surface area contributed by atoms with E-state index in [0.717, 1.165) is 6.07 Å². The maximum atomic E-state index is 13.3. The van der Waals surface area contributed by atoms with Gasteiger partial charge in [0.15, 0.2) is 11.6 Å². The highest BCUT2D eigenvalue weighted by Gasteiger charge is 2.31. The van der Waals surface area contributed by atoms with Crippen molar-refractivity contribution in [2.24, 2.45) is 0 Å². The van der Waals surface area contributed by atoms with E-state index in [-0.39, 0.29) is 5.56 Å². The van der Waals surface area contributed by atoms with Gasteiger partial charge in [0, 0.05) is 0 Å². The first kappa shape index (κ1) is 10.5. The van der Waals surface area contributed by atoms with Crippen LogP contribution in [0.1, 0.15) is 18.3 Å². The van der Waals surface area contributed by atoms with Gasteiger partial charge in [0.25, 0.3) is 6.29 Å². The lowest BCUT2D eigenvalue weighted by molar-refractivity contribution is -0.205. The summed E-state index contributed by atoms with van der Waals surface area (Å²) in [6.07, 6.45) is -2.03. The molecule has 6 heteroatoms. The predicted octanol–water partition coefficient (Wildman–Crippen LogP) is 1.45. The predicted molar refractivity (Wildman–Crippen MR) is 45.9 cm³/mol. The van der Waals surface area contributed by atoms with Gasteiger partial charge in [0.05, 0.1) is 5.56 Å². The van der Waals surface area contributed by atoms with Gasteiger partial charge >= 0.3 is 11.9 Å². The second-order valence-electron chi connectivity index (χ2n) is 3.13. The minimum Gasteiger partial charge on any atom is -0.420 e. The molecule has 0 N–H and O–H groups in total. The Labute approximate surface area is 88.8 Å². The number of ether oxygens (including phenoxy) is 2. The van der Waals surface area contributed by atoms with Crippen molar-refractivity contribution in [3.8, 4) is 0 Å². The molecule has 0 aliphatic carbocycles. The Balaban J connectivity index is 2.33. The van der Waals surface area contributed by atoms with E-state index in [1.807, 2.05) is 0 Å². The van der Waals surface area contributed by atoms with Crippen LogP contribution >= 0.6 is 0 Å². The smallest absolute Gasteiger partial charge is 0.320 e. The molecule has 0 saturated carbocycles. The van der Waals surface area contributed by atoms with Gasteiger partial charge in [-0.3, -0.25) is 9.59 Å². The SMILES string of the molecule is O=C1CC(=O)OC(c2cccc(F)c2F)O1. The van der Waals surface area contributed by atoms with Crippen molar-refractivity contribution in [3.63, 3.8) is 0 Å². The number of esters is 2. The number of benzene rings is 1. The summed E-state index contributed by atoms with van der Waals surface area (Å²) in [5.41, 5.74) is -0.318. The highest BCUT2D eigenvalue weighted by molar-refractivity contribution is 5.92. The number of hydrogen-bond donors (Lipinski definition) is 0. The molecule has 1 aromatic rings. The Kier molecular flexibility index (Phi) is 2.55. The number of carbonyl (C=O) groups is 2. The first-order chi connectivity index (χ1) is 7.58. The van der Waals surface area contributed by atoms with Gasteiger partial charge in [-0.05, 0) is 12.1 Å². The molecule has 1 saturated heterocycles. The molecule has 16 heavy (non-hydrogen) atoms. The summed E-state index contributed by atoms with van der Waals surface area (Å²) in [7, 11) is 0. The quantitative estimate of drug-likeness (QED) is 0.539. The standard InChI is InChI=1S/C10H6F2O4/c11-6-3-1-2-5(9(6)12)10-15-7(13)4-8(14)16-10/h1-3,10H,4H2. The van der Waals surface area contributed by atoms with Crippen LogP contribution in [0.3, 0.4) is 0 Å². The molecule has 4 nitrogen and oxygen atoms in total. The molecule has 1 aromatic carbocycles. The molecule has 1 fully saturated rings. The molecule has 84 valence electrons. The van der Waals surface area contributed by atoms with Crippen molar-refractivity contribution < 1.29 is 27.8 Å². The second kappa shape index (κ2) is 3.88. The summed E-state index contributed by atoms with van der Waals surface area (Å²) >= 11 is 0. The first-order valence-corrected chi connectivity index (χ1v) is 4.41. The molecule has 0 unspecified atom stereocenters. The van der Waals surface area contributed by atoms with E-state index in [4.69, 9.17) is 0 Å². The highest BCUT2D eigenvalue weighted by Crippen LogP contribution is 2.27. The lowest BCUT2D eigenvalue weighted by Gasteiger charge is -2.22. The fraction of sp³-hybridized carbons (Fsp3) is 0.200. The number of halogens is 2. The van der Waals surface area contributed by atoms with Gasteiger partial charge < -0.3 is 9.47 Å². The Morgan fingerprint density at radius 2 is 1.75 bits per heavy atom. The Morgan fingerprint density at radius 3 is 2.38 bits per heavy atom. The van der Waals surface area contributed by atoms with Crippen LogP contribution in [0.15, 0.2) is 18.2 Å². The lowest BCUT2D eigenvalue weighted by atomic mass is 10.2. The third kappa shape index (κ3) is 1.86. The molecule has 1 aliphatic rings. The summed E-state index contributed by atoms with van der Waals surface area (Å²) in [6.45, 7) is 0. The van der Waals surface area contributed by atoms with Gasteiger partial charge in [0.2, 0.25) is 0 Å². The van der Waals surface area contributed by atoms with Gasteiger partial charge in [-0.15, -0.1) is 0 Å². The summed E-state index contributed by atoms with van der Waals surface area (Å²) in [4.78, 5) is 21.8. The molecule has 0 radical (unpaired) electrons. The average Bonchev–Trinajstić information content (AvgIpc) is 2.20. The summed E-state index contributed by atoms with van der Waals surface area (Å²) in [6, 6.07) is 3.31. The van der Waals surface area contributed by atoms with E-state index in [1.54, 1.807) is 0 Å². The van der Waals surface area contributed by atoms with Gasteiger partial charge in [-0.2, -0.15) is 0 Å². The van der Waals surface area contributed by atoms with Crippen LogP contribution in [0.25, 0.3) is 0 Å². The molecular weight excluding hydrogens is 222 g/mol. The molecule has 1 heterocycles. The number of hydrogen-bond acceptors (Lipinski definition) is 4. The van der Waals surface area contributed by atoms with Crippen molar-refractivity contribution in [1.29, 1.82) is 0 Å². The molecule has 0 aromatic heterocycles. The minimum absolute atomic E-state index is 0.318. The Hall–Kier alpha value is -1.98. The van der Waals surface area contributed by atoms with E-state index < -0.39 is 36.3 Å². The minimum atomic E-state index is -1.51.